The number of carbonyl (C=O) groups is 1. The molecular weight excluding hydrogens is 178 g/mol. The van der Waals surface area contributed by atoms with Gasteiger partial charge in [0.05, 0.1) is 5.75 Å². The van der Waals surface area contributed by atoms with Gasteiger partial charge in [0.25, 0.3) is 0 Å². The number of ketones is 1. The lowest BCUT2D eigenvalue weighted by Crippen LogP contribution is -1.97. The number of Topliss-reactive ketones (excluding diaryl/α,β-unsaturated/α-hetero) is 1. The van der Waals surface area contributed by atoms with E-state index < -0.39 is 0 Å². The highest BCUT2D eigenvalue weighted by molar-refractivity contribution is 8.01. The first-order valence-electron chi connectivity index (χ1n) is 3.37. The maximum atomic E-state index is 10.9. The molecule has 1 heterocycles. The Morgan fingerprint density at radius 3 is 3.18 bits per heavy atom. The van der Waals surface area contributed by atoms with Gasteiger partial charge < -0.3 is 0 Å². The Kier molecular flexibility index (Phi) is 3.59. The summed E-state index contributed by atoms with van der Waals surface area (Å²) in [7, 11) is 0. The van der Waals surface area contributed by atoms with E-state index in [1.54, 1.807) is 17.5 Å². The molecule has 0 spiro atoms. The van der Waals surface area contributed by atoms with Crippen LogP contribution in [0.1, 0.15) is 13.3 Å². The van der Waals surface area contributed by atoms with Crippen molar-refractivity contribution in [3.8, 4) is 0 Å². The Bertz CT molecular complexity index is 220. The van der Waals surface area contributed by atoms with Gasteiger partial charge in [-0.15, -0.1) is 11.3 Å². The number of thioether (sulfide) groups is 1. The summed E-state index contributed by atoms with van der Waals surface area (Å²) in [6.07, 6.45) is 2.38. The fourth-order valence-corrected chi connectivity index (χ4v) is 2.13. The average Bonchev–Trinajstić information content (AvgIpc) is 2.52. The van der Waals surface area contributed by atoms with Crippen molar-refractivity contribution in [3.63, 3.8) is 0 Å². The number of thiazole rings is 1. The number of rotatable bonds is 4. The Hall–Kier alpha value is -0.350. The predicted molar refractivity (Wildman–Crippen MR) is 48.1 cm³/mol. The van der Waals surface area contributed by atoms with Crippen molar-refractivity contribution in [3.05, 3.63) is 11.6 Å². The summed E-state index contributed by atoms with van der Waals surface area (Å²) in [5, 5.41) is 1.92. The summed E-state index contributed by atoms with van der Waals surface area (Å²) in [5.74, 6) is 0.842. The first-order chi connectivity index (χ1) is 5.33. The molecule has 2 nitrogen and oxygen atoms in total. The second kappa shape index (κ2) is 4.51. The highest BCUT2D eigenvalue weighted by Crippen LogP contribution is 2.19. The van der Waals surface area contributed by atoms with E-state index in [9.17, 15) is 4.79 Å². The SMILES string of the molecule is CCC(=O)CSc1nccs1. The second-order valence-corrected chi connectivity index (χ2v) is 4.10. The standard InChI is InChI=1S/C7H9NOS2/c1-2-6(9)5-11-7-8-3-4-10-7/h3-4H,2,5H2,1H3. The largest absolute Gasteiger partial charge is 0.299 e. The molecule has 0 saturated carbocycles. The van der Waals surface area contributed by atoms with Crippen molar-refractivity contribution in [2.24, 2.45) is 0 Å². The molecule has 0 aliphatic carbocycles. The van der Waals surface area contributed by atoms with Gasteiger partial charge in [-0.3, -0.25) is 4.79 Å². The first kappa shape index (κ1) is 8.74. The van der Waals surface area contributed by atoms with E-state index in [1.807, 2.05) is 12.3 Å². The molecule has 0 radical (unpaired) electrons. The van der Waals surface area contributed by atoms with Gasteiger partial charge in [0.2, 0.25) is 0 Å². The van der Waals surface area contributed by atoms with Crippen LogP contribution in [-0.4, -0.2) is 16.5 Å². The topological polar surface area (TPSA) is 30.0 Å². The molecule has 0 aliphatic rings. The number of hydrogen-bond acceptors (Lipinski definition) is 4. The third-order valence-corrected chi connectivity index (χ3v) is 3.19. The third-order valence-electron chi connectivity index (χ3n) is 1.16. The fourth-order valence-electron chi connectivity index (χ4n) is 0.526. The van der Waals surface area contributed by atoms with Gasteiger partial charge in [0.1, 0.15) is 10.1 Å². The van der Waals surface area contributed by atoms with E-state index >= 15 is 0 Å². The zero-order chi connectivity index (χ0) is 8.10. The summed E-state index contributed by atoms with van der Waals surface area (Å²) in [6.45, 7) is 1.88. The maximum absolute atomic E-state index is 10.9. The summed E-state index contributed by atoms with van der Waals surface area (Å²) in [5.41, 5.74) is 0. The lowest BCUT2D eigenvalue weighted by atomic mass is 10.4. The Balaban J connectivity index is 2.29. The van der Waals surface area contributed by atoms with Crippen LogP contribution in [0.4, 0.5) is 0 Å². The van der Waals surface area contributed by atoms with Gasteiger partial charge >= 0.3 is 0 Å². The molecule has 11 heavy (non-hydrogen) atoms. The summed E-state index contributed by atoms with van der Waals surface area (Å²) >= 11 is 3.09. The van der Waals surface area contributed by atoms with Crippen LogP contribution in [0.15, 0.2) is 15.9 Å². The Morgan fingerprint density at radius 2 is 2.64 bits per heavy atom. The quantitative estimate of drug-likeness (QED) is 0.677. The molecule has 0 atom stereocenters. The average molecular weight is 187 g/mol. The van der Waals surface area contributed by atoms with Crippen molar-refractivity contribution in [2.75, 3.05) is 5.75 Å². The van der Waals surface area contributed by atoms with Gasteiger partial charge in [-0.05, 0) is 0 Å². The van der Waals surface area contributed by atoms with Gasteiger partial charge in [-0.1, -0.05) is 18.7 Å². The lowest BCUT2D eigenvalue weighted by Gasteiger charge is -1.92. The van der Waals surface area contributed by atoms with Crippen molar-refractivity contribution in [2.45, 2.75) is 17.7 Å². The second-order valence-electron chi connectivity index (χ2n) is 1.98. The first-order valence-corrected chi connectivity index (χ1v) is 5.23. The molecule has 0 aliphatic heterocycles. The van der Waals surface area contributed by atoms with Gasteiger partial charge in [-0.2, -0.15) is 0 Å². The molecule has 0 amide bonds. The van der Waals surface area contributed by atoms with E-state index in [2.05, 4.69) is 4.98 Å². The van der Waals surface area contributed by atoms with E-state index in [0.717, 1.165) is 4.34 Å². The lowest BCUT2D eigenvalue weighted by molar-refractivity contribution is -0.116. The van der Waals surface area contributed by atoms with E-state index in [-0.39, 0.29) is 5.78 Å². The van der Waals surface area contributed by atoms with Crippen LogP contribution in [-0.2, 0) is 4.79 Å². The number of nitrogens with zero attached hydrogens (tertiary/aromatic N) is 1. The molecule has 0 bridgehead atoms. The van der Waals surface area contributed by atoms with Crippen LogP contribution in [0.2, 0.25) is 0 Å². The van der Waals surface area contributed by atoms with Crippen molar-refractivity contribution < 1.29 is 4.79 Å². The van der Waals surface area contributed by atoms with Gasteiger partial charge in [0.15, 0.2) is 0 Å². The molecule has 60 valence electrons. The van der Waals surface area contributed by atoms with Crippen LogP contribution in [0.5, 0.6) is 0 Å². The van der Waals surface area contributed by atoms with Crippen LogP contribution in [0.25, 0.3) is 0 Å². The normalized spacial score (nSPS) is 9.91. The van der Waals surface area contributed by atoms with E-state index in [0.29, 0.717) is 12.2 Å². The zero-order valence-corrected chi connectivity index (χ0v) is 7.87. The monoisotopic (exact) mass is 187 g/mol. The van der Waals surface area contributed by atoms with Crippen molar-refractivity contribution in [1.29, 1.82) is 0 Å². The van der Waals surface area contributed by atoms with Crippen molar-refractivity contribution >= 4 is 28.9 Å². The fraction of sp³-hybridized carbons (Fsp3) is 0.429. The maximum Gasteiger partial charge on any atom is 0.150 e. The smallest absolute Gasteiger partial charge is 0.150 e. The summed E-state index contributed by atoms with van der Waals surface area (Å²) < 4.78 is 0.979. The summed E-state index contributed by atoms with van der Waals surface area (Å²) in [4.78, 5) is 14.9. The number of carbonyl (C=O) groups excluding carboxylic acids is 1. The molecule has 0 saturated heterocycles. The Morgan fingerprint density at radius 1 is 1.82 bits per heavy atom. The van der Waals surface area contributed by atoms with Gasteiger partial charge in [-0.25, -0.2) is 4.98 Å². The van der Waals surface area contributed by atoms with Gasteiger partial charge in [0, 0.05) is 18.0 Å². The zero-order valence-electron chi connectivity index (χ0n) is 6.24. The minimum atomic E-state index is 0.283. The molecule has 0 fully saturated rings. The minimum Gasteiger partial charge on any atom is -0.299 e. The van der Waals surface area contributed by atoms with Crippen LogP contribution < -0.4 is 0 Å². The highest BCUT2D eigenvalue weighted by atomic mass is 32.2. The van der Waals surface area contributed by atoms with Crippen LogP contribution in [0.3, 0.4) is 0 Å². The molecule has 0 unspecified atom stereocenters. The molecule has 1 aromatic heterocycles. The third kappa shape index (κ3) is 3.03. The van der Waals surface area contributed by atoms with E-state index in [4.69, 9.17) is 0 Å². The molecule has 1 rings (SSSR count). The number of aromatic nitrogens is 1. The highest BCUT2D eigenvalue weighted by Gasteiger charge is 2.00. The Labute approximate surface area is 74.0 Å². The summed E-state index contributed by atoms with van der Waals surface area (Å²) in [6, 6.07) is 0. The molecule has 0 aromatic carbocycles. The van der Waals surface area contributed by atoms with Crippen LogP contribution in [0, 0.1) is 0 Å². The minimum absolute atomic E-state index is 0.283. The molecular formula is C7H9NOS2. The van der Waals surface area contributed by atoms with E-state index in [1.165, 1.54) is 11.8 Å². The molecule has 1 aromatic rings. The molecule has 0 N–H and O–H groups in total. The van der Waals surface area contributed by atoms with Crippen molar-refractivity contribution in [1.82, 2.24) is 4.98 Å². The molecule has 4 heteroatoms. The predicted octanol–water partition coefficient (Wildman–Crippen LogP) is 2.21. The van der Waals surface area contributed by atoms with Crippen LogP contribution >= 0.6 is 23.1 Å². The number of hydrogen-bond donors (Lipinski definition) is 0.